The van der Waals surface area contributed by atoms with Crippen LogP contribution in [0.4, 0.5) is 35.1 Å². The summed E-state index contributed by atoms with van der Waals surface area (Å²) in [6.45, 7) is 0. The third-order valence-electron chi connectivity index (χ3n) is 3.67. The van der Waals surface area contributed by atoms with Gasteiger partial charge >= 0.3 is 12.4 Å². The molecule has 0 radical (unpaired) electrons. The van der Waals surface area contributed by atoms with E-state index < -0.39 is 52.5 Å². The Bertz CT molecular complexity index is 979. The van der Waals surface area contributed by atoms with E-state index in [9.17, 15) is 35.1 Å². The lowest BCUT2D eigenvalue weighted by atomic mass is 10.2. The number of aromatic nitrogens is 1. The fourth-order valence-electron chi connectivity index (χ4n) is 2.34. The van der Waals surface area contributed by atoms with Crippen molar-refractivity contribution in [2.24, 2.45) is 0 Å². The summed E-state index contributed by atoms with van der Waals surface area (Å²) in [6.07, 6.45) is -8.77. The van der Waals surface area contributed by atoms with Gasteiger partial charge in [0.1, 0.15) is 23.1 Å². The molecule has 0 amide bonds. The van der Waals surface area contributed by atoms with Gasteiger partial charge in [-0.25, -0.2) is 13.8 Å². The minimum Gasteiger partial charge on any atom is -0.452 e. The van der Waals surface area contributed by atoms with Gasteiger partial charge in [0.25, 0.3) is 5.88 Å². The monoisotopic (exact) mass is 435 g/mol. The molecule has 0 aliphatic rings. The van der Waals surface area contributed by atoms with Crippen molar-refractivity contribution in [2.75, 3.05) is 0 Å². The largest absolute Gasteiger partial charge is 0.452 e. The molecule has 3 aromatic rings. The van der Waals surface area contributed by atoms with Gasteiger partial charge in [-0.3, -0.25) is 0 Å². The maximum Gasteiger partial charge on any atom is 0.419 e. The highest BCUT2D eigenvalue weighted by Gasteiger charge is 2.35. The van der Waals surface area contributed by atoms with Crippen molar-refractivity contribution < 1.29 is 44.6 Å². The van der Waals surface area contributed by atoms with E-state index in [0.29, 0.717) is 24.3 Å². The van der Waals surface area contributed by atoms with Gasteiger partial charge in [0, 0.05) is 6.20 Å². The number of halogens is 8. The molecule has 158 valence electrons. The third kappa shape index (κ3) is 4.78. The highest BCUT2D eigenvalue weighted by Crippen LogP contribution is 2.39. The van der Waals surface area contributed by atoms with E-state index in [1.165, 1.54) is 18.3 Å². The summed E-state index contributed by atoms with van der Waals surface area (Å²) in [5, 5.41) is 0. The number of hydrogen-bond donors (Lipinski definition) is 0. The lowest BCUT2D eigenvalue weighted by molar-refractivity contribution is -0.140. The molecule has 0 bridgehead atoms. The average molecular weight is 435 g/mol. The van der Waals surface area contributed by atoms with Gasteiger partial charge < -0.3 is 9.47 Å². The van der Waals surface area contributed by atoms with Gasteiger partial charge in [-0.05, 0) is 48.5 Å². The lowest BCUT2D eigenvalue weighted by Gasteiger charge is -2.14. The molecule has 0 fully saturated rings. The second-order valence-corrected chi connectivity index (χ2v) is 5.79. The molecule has 0 N–H and O–H groups in total. The molecule has 0 unspecified atom stereocenters. The average Bonchev–Trinajstić information content (AvgIpc) is 2.64. The summed E-state index contributed by atoms with van der Waals surface area (Å²) < 4.78 is 114. The molecule has 3 rings (SSSR count). The first-order valence-corrected chi connectivity index (χ1v) is 7.99. The fraction of sp³-hybridized carbons (Fsp3) is 0.105. The molecule has 0 saturated carbocycles. The summed E-state index contributed by atoms with van der Waals surface area (Å²) in [4.78, 5) is 3.75. The van der Waals surface area contributed by atoms with Crippen molar-refractivity contribution in [1.29, 1.82) is 0 Å². The Morgan fingerprint density at radius 1 is 0.667 bits per heavy atom. The molecular formula is C19H9F8NO2. The van der Waals surface area contributed by atoms with E-state index in [0.717, 1.165) is 12.1 Å². The first kappa shape index (κ1) is 21.3. The van der Waals surface area contributed by atoms with Crippen molar-refractivity contribution in [1.82, 2.24) is 4.98 Å². The molecule has 1 heterocycles. The molecule has 11 heteroatoms. The van der Waals surface area contributed by atoms with E-state index in [2.05, 4.69) is 4.98 Å². The van der Waals surface area contributed by atoms with Crippen LogP contribution in [0.15, 0.2) is 54.7 Å². The third-order valence-corrected chi connectivity index (χ3v) is 3.67. The number of benzene rings is 2. The van der Waals surface area contributed by atoms with E-state index in [1.807, 2.05) is 0 Å². The first-order chi connectivity index (χ1) is 13.9. The molecule has 1 aromatic heterocycles. The molecule has 30 heavy (non-hydrogen) atoms. The molecule has 2 aromatic carbocycles. The number of rotatable bonds is 4. The Labute approximate surface area is 163 Å². The Balaban J connectivity index is 1.92. The minimum absolute atomic E-state index is 0.268. The van der Waals surface area contributed by atoms with Crippen LogP contribution in [-0.2, 0) is 12.4 Å². The molecule has 3 nitrogen and oxygen atoms in total. The second kappa shape index (κ2) is 7.81. The maximum absolute atomic E-state index is 13.4. The molecule has 0 atom stereocenters. The van der Waals surface area contributed by atoms with Gasteiger partial charge in [0.2, 0.25) is 0 Å². The van der Waals surface area contributed by atoms with Gasteiger partial charge in [-0.2, -0.15) is 26.3 Å². The van der Waals surface area contributed by atoms with E-state index in [1.54, 1.807) is 0 Å². The summed E-state index contributed by atoms with van der Waals surface area (Å²) >= 11 is 0. The van der Waals surface area contributed by atoms with Crippen LogP contribution in [-0.4, -0.2) is 4.98 Å². The first-order valence-electron chi connectivity index (χ1n) is 7.99. The van der Waals surface area contributed by atoms with Crippen molar-refractivity contribution in [3.05, 3.63) is 77.5 Å². The topological polar surface area (TPSA) is 31.4 Å². The SMILES string of the molecule is Fc1ccc(Oc2cccnc2Oc2ccc(F)c(C(F)(F)F)c2)cc1C(F)(F)F. The lowest BCUT2D eigenvalue weighted by Crippen LogP contribution is -2.08. The quantitative estimate of drug-likeness (QED) is 0.415. The summed E-state index contributed by atoms with van der Waals surface area (Å²) in [7, 11) is 0. The smallest absolute Gasteiger partial charge is 0.419 e. The maximum atomic E-state index is 13.4. The Hall–Kier alpha value is -3.37. The standard InChI is InChI=1S/C19H9F8NO2/c20-14-5-3-10(8-12(14)18(22,23)24)29-16-2-1-7-28-17(16)30-11-4-6-15(21)13(9-11)19(25,26)27/h1-9H. The zero-order valence-corrected chi connectivity index (χ0v) is 14.5. The summed E-state index contributed by atoms with van der Waals surface area (Å²) in [5.41, 5.74) is -3.15. The van der Waals surface area contributed by atoms with Crippen LogP contribution >= 0.6 is 0 Å². The Kier molecular flexibility index (Phi) is 5.55. The van der Waals surface area contributed by atoms with Gasteiger partial charge in [-0.1, -0.05) is 0 Å². The molecule has 0 spiro atoms. The van der Waals surface area contributed by atoms with Gasteiger partial charge in [-0.15, -0.1) is 0 Å². The number of ether oxygens (including phenoxy) is 2. The summed E-state index contributed by atoms with van der Waals surface area (Å²) in [6, 6.07) is 6.25. The predicted molar refractivity (Wildman–Crippen MR) is 87.2 cm³/mol. The highest BCUT2D eigenvalue weighted by atomic mass is 19.4. The summed E-state index contributed by atoms with van der Waals surface area (Å²) in [5.74, 6) is -4.56. The van der Waals surface area contributed by atoms with Crippen molar-refractivity contribution in [2.45, 2.75) is 12.4 Å². The second-order valence-electron chi connectivity index (χ2n) is 5.79. The van der Waals surface area contributed by atoms with Crippen LogP contribution < -0.4 is 9.47 Å². The van der Waals surface area contributed by atoms with Crippen LogP contribution in [0.2, 0.25) is 0 Å². The van der Waals surface area contributed by atoms with E-state index in [4.69, 9.17) is 9.47 Å². The molecule has 0 aliphatic heterocycles. The zero-order chi connectivity index (χ0) is 22.1. The zero-order valence-electron chi connectivity index (χ0n) is 14.5. The number of alkyl halides is 6. The van der Waals surface area contributed by atoms with Crippen molar-refractivity contribution in [3.8, 4) is 23.1 Å². The van der Waals surface area contributed by atoms with Crippen LogP contribution in [0.1, 0.15) is 11.1 Å². The molecule has 0 saturated heterocycles. The van der Waals surface area contributed by atoms with Gasteiger partial charge in [0.05, 0.1) is 11.1 Å². The van der Waals surface area contributed by atoms with Crippen molar-refractivity contribution in [3.63, 3.8) is 0 Å². The Morgan fingerprint density at radius 3 is 1.67 bits per heavy atom. The Morgan fingerprint density at radius 2 is 1.17 bits per heavy atom. The molecular weight excluding hydrogens is 426 g/mol. The number of hydrogen-bond acceptors (Lipinski definition) is 3. The minimum atomic E-state index is -4.98. The normalized spacial score (nSPS) is 12.0. The van der Waals surface area contributed by atoms with Gasteiger partial charge in [0.15, 0.2) is 5.75 Å². The van der Waals surface area contributed by atoms with Crippen LogP contribution in [0, 0.1) is 11.6 Å². The number of pyridine rings is 1. The molecule has 0 aliphatic carbocycles. The van der Waals surface area contributed by atoms with E-state index >= 15 is 0 Å². The van der Waals surface area contributed by atoms with Crippen molar-refractivity contribution >= 4 is 0 Å². The fourth-order valence-corrected chi connectivity index (χ4v) is 2.34. The van der Waals surface area contributed by atoms with E-state index in [-0.39, 0.29) is 5.75 Å². The predicted octanol–water partition coefficient (Wildman–Crippen LogP) is 6.98. The highest BCUT2D eigenvalue weighted by molar-refractivity contribution is 5.42. The van der Waals surface area contributed by atoms with Crippen LogP contribution in [0.3, 0.4) is 0 Å². The number of nitrogens with zero attached hydrogens (tertiary/aromatic N) is 1. The van der Waals surface area contributed by atoms with Crippen LogP contribution in [0.5, 0.6) is 23.1 Å². The van der Waals surface area contributed by atoms with Crippen LogP contribution in [0.25, 0.3) is 0 Å².